The fourth-order valence-corrected chi connectivity index (χ4v) is 10.1. The third kappa shape index (κ3) is 5.00. The average Bonchev–Trinajstić information content (AvgIpc) is 3.91. The van der Waals surface area contributed by atoms with Gasteiger partial charge in [-0.25, -0.2) is 0 Å². The quantitative estimate of drug-likeness (QED) is 0.154. The third-order valence-electron chi connectivity index (χ3n) is 12.6. The van der Waals surface area contributed by atoms with Crippen LogP contribution in [0.1, 0.15) is 33.4 Å². The number of nitrogens with zero attached hydrogens (tertiary/aromatic N) is 2. The molecule has 0 bridgehead atoms. The van der Waals surface area contributed by atoms with Crippen molar-refractivity contribution in [2.45, 2.75) is 5.41 Å². The van der Waals surface area contributed by atoms with Crippen molar-refractivity contribution in [3.05, 3.63) is 252 Å². The van der Waals surface area contributed by atoms with Crippen LogP contribution in [0.2, 0.25) is 0 Å². The van der Waals surface area contributed by atoms with Gasteiger partial charge in [0.2, 0.25) is 0 Å². The molecule has 12 rings (SSSR count). The minimum Gasteiger partial charge on any atom is -0.310 e. The van der Waals surface area contributed by atoms with Crippen LogP contribution >= 0.6 is 0 Å². The molecular formula is C57H38N2. The van der Waals surface area contributed by atoms with Gasteiger partial charge in [-0.15, -0.1) is 0 Å². The Hall–Kier alpha value is -7.68. The summed E-state index contributed by atoms with van der Waals surface area (Å²) in [6.07, 6.45) is 4.34. The summed E-state index contributed by atoms with van der Waals surface area (Å²) in [4.78, 5) is 2.36. The van der Waals surface area contributed by atoms with Crippen molar-refractivity contribution in [2.24, 2.45) is 0 Å². The Bertz CT molecular complexity index is 3200. The van der Waals surface area contributed by atoms with Crippen molar-refractivity contribution in [1.29, 1.82) is 0 Å². The van der Waals surface area contributed by atoms with E-state index >= 15 is 0 Å². The van der Waals surface area contributed by atoms with Crippen molar-refractivity contribution in [3.63, 3.8) is 0 Å². The maximum Gasteiger partial charge on any atom is 0.0726 e. The van der Waals surface area contributed by atoms with E-state index in [1.165, 1.54) is 71.9 Å². The summed E-state index contributed by atoms with van der Waals surface area (Å²) < 4.78 is 2.47. The van der Waals surface area contributed by atoms with E-state index in [4.69, 9.17) is 0 Å². The van der Waals surface area contributed by atoms with Gasteiger partial charge in [0.1, 0.15) is 0 Å². The highest BCUT2D eigenvalue weighted by molar-refractivity contribution is 6.11. The van der Waals surface area contributed by atoms with Gasteiger partial charge in [-0.05, 0) is 116 Å². The van der Waals surface area contributed by atoms with Gasteiger partial charge in [0.05, 0.1) is 16.4 Å². The van der Waals surface area contributed by atoms with Crippen molar-refractivity contribution in [2.75, 3.05) is 4.90 Å². The molecule has 1 heterocycles. The molecule has 0 aliphatic heterocycles. The van der Waals surface area contributed by atoms with Gasteiger partial charge in [-0.3, -0.25) is 0 Å². The normalized spacial score (nSPS) is 13.2. The number of aromatic nitrogens is 1. The topological polar surface area (TPSA) is 8.17 Å². The maximum atomic E-state index is 2.48. The lowest BCUT2D eigenvalue weighted by Crippen LogP contribution is -2.26. The van der Waals surface area contributed by atoms with Gasteiger partial charge in [-0.2, -0.15) is 0 Å². The zero-order chi connectivity index (χ0) is 38.9. The summed E-state index contributed by atoms with van der Waals surface area (Å²) >= 11 is 0. The summed E-state index contributed by atoms with van der Waals surface area (Å²) in [7, 11) is 0. The summed E-state index contributed by atoms with van der Waals surface area (Å²) in [5, 5.41) is 2.45. The summed E-state index contributed by atoms with van der Waals surface area (Å²) in [6, 6.07) is 80.1. The first kappa shape index (κ1) is 33.5. The number of hydrogen-bond donors (Lipinski definition) is 0. The third-order valence-corrected chi connectivity index (χ3v) is 12.6. The SMILES string of the molecule is C(=Cc1ccc(N(c2ccccc2)c2ccc3c(c2)c2ccccc2n3-c2ccc3c(c2)C2(c4ccccc4-c4ccccc42)c2ccccc2-3)cc1)c1ccccc1. The van der Waals surface area contributed by atoms with Gasteiger partial charge in [0.15, 0.2) is 0 Å². The Morgan fingerprint density at radius 3 is 1.49 bits per heavy atom. The zero-order valence-electron chi connectivity index (χ0n) is 32.3. The smallest absolute Gasteiger partial charge is 0.0726 e. The van der Waals surface area contributed by atoms with Gasteiger partial charge in [-0.1, -0.05) is 170 Å². The molecule has 1 spiro atoms. The Kier molecular flexibility index (Phi) is 7.48. The molecule has 0 radical (unpaired) electrons. The van der Waals surface area contributed by atoms with Crippen LogP contribution in [0, 0.1) is 0 Å². The van der Waals surface area contributed by atoms with Gasteiger partial charge in [0, 0.05) is 33.5 Å². The summed E-state index contributed by atoms with van der Waals surface area (Å²) in [6.45, 7) is 0. The molecule has 0 saturated carbocycles. The largest absolute Gasteiger partial charge is 0.310 e. The Labute approximate surface area is 344 Å². The van der Waals surface area contributed by atoms with Crippen LogP contribution < -0.4 is 4.90 Å². The molecule has 2 aliphatic rings. The molecule has 2 aliphatic carbocycles. The molecule has 0 N–H and O–H groups in total. The molecule has 9 aromatic carbocycles. The van der Waals surface area contributed by atoms with E-state index in [2.05, 4.69) is 240 Å². The lowest BCUT2D eigenvalue weighted by Gasteiger charge is -2.30. The fraction of sp³-hybridized carbons (Fsp3) is 0.0175. The molecule has 10 aromatic rings. The van der Waals surface area contributed by atoms with E-state index in [0.717, 1.165) is 28.3 Å². The highest BCUT2D eigenvalue weighted by Crippen LogP contribution is 2.63. The Morgan fingerprint density at radius 2 is 0.831 bits per heavy atom. The fourth-order valence-electron chi connectivity index (χ4n) is 10.1. The number of para-hydroxylation sites is 2. The maximum absolute atomic E-state index is 2.48. The minimum absolute atomic E-state index is 0.399. The average molecular weight is 751 g/mol. The summed E-state index contributed by atoms with van der Waals surface area (Å²) in [5.74, 6) is 0. The van der Waals surface area contributed by atoms with E-state index in [9.17, 15) is 0 Å². The summed E-state index contributed by atoms with van der Waals surface area (Å²) in [5.41, 5.74) is 19.5. The Morgan fingerprint density at radius 1 is 0.339 bits per heavy atom. The molecule has 2 nitrogen and oxygen atoms in total. The van der Waals surface area contributed by atoms with E-state index < -0.39 is 5.41 Å². The number of anilines is 3. The lowest BCUT2D eigenvalue weighted by molar-refractivity contribution is 0.792. The Balaban J connectivity index is 1.02. The molecular weight excluding hydrogens is 713 g/mol. The van der Waals surface area contributed by atoms with Crippen LogP contribution in [0.3, 0.4) is 0 Å². The van der Waals surface area contributed by atoms with Crippen LogP contribution in [-0.4, -0.2) is 4.57 Å². The molecule has 276 valence electrons. The van der Waals surface area contributed by atoms with Gasteiger partial charge >= 0.3 is 0 Å². The predicted molar refractivity (Wildman–Crippen MR) is 247 cm³/mol. The highest BCUT2D eigenvalue weighted by atomic mass is 15.1. The molecule has 0 saturated heterocycles. The van der Waals surface area contributed by atoms with Crippen LogP contribution in [-0.2, 0) is 5.41 Å². The van der Waals surface area contributed by atoms with Crippen molar-refractivity contribution in [3.8, 4) is 27.9 Å². The van der Waals surface area contributed by atoms with Crippen molar-refractivity contribution in [1.82, 2.24) is 4.57 Å². The van der Waals surface area contributed by atoms with E-state index in [1.807, 2.05) is 0 Å². The van der Waals surface area contributed by atoms with Crippen molar-refractivity contribution < 1.29 is 0 Å². The first-order chi connectivity index (χ1) is 29.3. The van der Waals surface area contributed by atoms with Crippen LogP contribution in [0.4, 0.5) is 17.1 Å². The minimum atomic E-state index is -0.399. The number of rotatable bonds is 6. The molecule has 0 atom stereocenters. The zero-order valence-corrected chi connectivity index (χ0v) is 32.3. The van der Waals surface area contributed by atoms with Gasteiger partial charge < -0.3 is 9.47 Å². The van der Waals surface area contributed by atoms with Crippen molar-refractivity contribution >= 4 is 51.0 Å². The first-order valence-electron chi connectivity index (χ1n) is 20.4. The second kappa shape index (κ2) is 13.2. The predicted octanol–water partition coefficient (Wildman–Crippen LogP) is 14.8. The monoisotopic (exact) mass is 750 g/mol. The van der Waals surface area contributed by atoms with E-state index in [-0.39, 0.29) is 0 Å². The van der Waals surface area contributed by atoms with Gasteiger partial charge in [0.25, 0.3) is 0 Å². The molecule has 1 aromatic heterocycles. The molecule has 0 unspecified atom stereocenters. The molecule has 0 fully saturated rings. The molecule has 59 heavy (non-hydrogen) atoms. The second-order valence-corrected chi connectivity index (χ2v) is 15.7. The second-order valence-electron chi connectivity index (χ2n) is 15.7. The number of fused-ring (bicyclic) bond motifs is 13. The standard InChI is InChI=1S/C57H38N2/c1-3-15-39(16-4-1)27-28-40-29-31-42(32-30-40)58(41-17-5-2-6-18-41)43-34-36-56-50(37-43)49-22-10-14-26-55(49)59(56)44-33-35-48-47-21-9-13-25-53(47)57(54(48)38-44)51-23-11-7-19-45(51)46-20-8-12-24-52(46)57/h1-38H. The first-order valence-corrected chi connectivity index (χ1v) is 20.4. The van der Waals surface area contributed by atoms with Crippen LogP contribution in [0.15, 0.2) is 218 Å². The molecule has 2 heteroatoms. The number of benzene rings is 9. The lowest BCUT2D eigenvalue weighted by atomic mass is 9.70. The highest BCUT2D eigenvalue weighted by Gasteiger charge is 2.51. The number of hydrogen-bond acceptors (Lipinski definition) is 1. The van der Waals surface area contributed by atoms with Crippen LogP contribution in [0.25, 0.3) is 61.9 Å². The van der Waals surface area contributed by atoms with E-state index in [1.54, 1.807) is 0 Å². The van der Waals surface area contributed by atoms with E-state index in [0.29, 0.717) is 0 Å². The molecule has 0 amide bonds. The van der Waals surface area contributed by atoms with Crippen LogP contribution in [0.5, 0.6) is 0 Å².